The molecule has 1 atom stereocenters. The SMILES string of the molecule is [2H]C1([2H])CN(C(=O)OC(C)C(F)(F)F)CCN1C(C)(C)C. The lowest BCUT2D eigenvalue weighted by molar-refractivity contribution is -0.200. The van der Waals surface area contributed by atoms with Crippen LogP contribution >= 0.6 is 0 Å². The number of amides is 1. The maximum Gasteiger partial charge on any atom is 0.425 e. The second-order valence-electron chi connectivity index (χ2n) is 5.47. The van der Waals surface area contributed by atoms with Crippen molar-refractivity contribution in [2.24, 2.45) is 0 Å². The molecule has 7 heteroatoms. The van der Waals surface area contributed by atoms with Crippen molar-refractivity contribution in [2.45, 2.75) is 45.5 Å². The van der Waals surface area contributed by atoms with Crippen molar-refractivity contribution in [2.75, 3.05) is 26.1 Å². The summed E-state index contributed by atoms with van der Waals surface area (Å²) in [6, 6.07) is 0. The lowest BCUT2D eigenvalue weighted by Crippen LogP contribution is -2.55. The Kier molecular flexibility index (Phi) is 3.81. The first kappa shape index (κ1) is 13.0. The Morgan fingerprint density at radius 2 is 1.84 bits per heavy atom. The zero-order valence-electron chi connectivity index (χ0n) is 13.5. The van der Waals surface area contributed by atoms with E-state index < -0.39 is 30.4 Å². The smallest absolute Gasteiger partial charge is 0.425 e. The predicted molar refractivity (Wildman–Crippen MR) is 64.9 cm³/mol. The number of hydrogen-bond donors (Lipinski definition) is 0. The Morgan fingerprint density at radius 3 is 2.26 bits per heavy atom. The normalized spacial score (nSPS) is 24.5. The number of alkyl halides is 3. The van der Waals surface area contributed by atoms with E-state index in [-0.39, 0.29) is 19.6 Å². The number of piperazine rings is 1. The fraction of sp³-hybridized carbons (Fsp3) is 0.917. The van der Waals surface area contributed by atoms with Crippen molar-refractivity contribution in [1.82, 2.24) is 9.80 Å². The van der Waals surface area contributed by atoms with Crippen LogP contribution < -0.4 is 0 Å². The molecule has 1 heterocycles. The van der Waals surface area contributed by atoms with Gasteiger partial charge in [-0.3, -0.25) is 4.90 Å². The van der Waals surface area contributed by atoms with Crippen molar-refractivity contribution in [3.8, 4) is 0 Å². The van der Waals surface area contributed by atoms with Crippen LogP contribution in [0.3, 0.4) is 0 Å². The molecule has 0 aliphatic carbocycles. The van der Waals surface area contributed by atoms with E-state index in [2.05, 4.69) is 4.74 Å². The molecule has 0 spiro atoms. The highest BCUT2D eigenvalue weighted by atomic mass is 19.4. The Hall–Kier alpha value is -0.980. The van der Waals surface area contributed by atoms with Gasteiger partial charge in [0.15, 0.2) is 6.10 Å². The van der Waals surface area contributed by atoms with Gasteiger partial charge in [-0.05, 0) is 27.7 Å². The minimum atomic E-state index is -4.62. The average molecular weight is 284 g/mol. The molecule has 0 aromatic carbocycles. The van der Waals surface area contributed by atoms with Gasteiger partial charge >= 0.3 is 12.3 Å². The third-order valence-electron chi connectivity index (χ3n) is 2.85. The molecule has 0 aromatic heterocycles. The van der Waals surface area contributed by atoms with Gasteiger partial charge in [0.2, 0.25) is 0 Å². The summed E-state index contributed by atoms with van der Waals surface area (Å²) in [4.78, 5) is 14.3. The highest BCUT2D eigenvalue weighted by Gasteiger charge is 2.40. The van der Waals surface area contributed by atoms with E-state index in [1.165, 1.54) is 0 Å². The molecule has 0 bridgehead atoms. The fourth-order valence-electron chi connectivity index (χ4n) is 1.57. The van der Waals surface area contributed by atoms with Crippen LogP contribution in [0.2, 0.25) is 0 Å². The third-order valence-corrected chi connectivity index (χ3v) is 2.85. The van der Waals surface area contributed by atoms with E-state index in [0.717, 1.165) is 11.8 Å². The van der Waals surface area contributed by atoms with Gasteiger partial charge in [-0.25, -0.2) is 4.79 Å². The molecule has 1 amide bonds. The maximum absolute atomic E-state index is 12.4. The predicted octanol–water partition coefficient (Wildman–Crippen LogP) is 2.49. The highest BCUT2D eigenvalue weighted by molar-refractivity contribution is 5.68. The lowest BCUT2D eigenvalue weighted by atomic mass is 10.1. The Balaban J connectivity index is 2.71. The van der Waals surface area contributed by atoms with Crippen molar-refractivity contribution in [3.05, 3.63) is 0 Å². The first-order valence-electron chi connectivity index (χ1n) is 7.05. The van der Waals surface area contributed by atoms with Crippen LogP contribution in [0, 0.1) is 0 Å². The van der Waals surface area contributed by atoms with Crippen LogP contribution in [0.15, 0.2) is 0 Å². The summed E-state index contributed by atoms with van der Waals surface area (Å²) in [5, 5.41) is 0. The number of hydrogen-bond acceptors (Lipinski definition) is 3. The molecule has 4 nitrogen and oxygen atoms in total. The fourth-order valence-corrected chi connectivity index (χ4v) is 1.57. The third kappa shape index (κ3) is 4.56. The molecule has 0 N–H and O–H groups in total. The van der Waals surface area contributed by atoms with Crippen molar-refractivity contribution in [1.29, 1.82) is 0 Å². The van der Waals surface area contributed by atoms with Gasteiger partial charge in [0.1, 0.15) is 0 Å². The standard InChI is InChI=1S/C12H21F3N2O2/c1-9(12(13,14)15)19-10(18)16-5-7-17(8-6-16)11(2,3)4/h9H,5-8H2,1-4H3/i7D2. The summed E-state index contributed by atoms with van der Waals surface area (Å²) in [5.74, 6) is 0. The molecule has 1 rings (SSSR count). The molecule has 1 aliphatic rings. The molecule has 1 unspecified atom stereocenters. The number of carbonyl (C=O) groups is 1. The summed E-state index contributed by atoms with van der Waals surface area (Å²) in [6.45, 7) is 4.47. The van der Waals surface area contributed by atoms with Crippen LogP contribution in [0.25, 0.3) is 0 Å². The van der Waals surface area contributed by atoms with Gasteiger partial charge in [-0.2, -0.15) is 13.2 Å². The first-order chi connectivity index (χ1) is 9.25. The lowest BCUT2D eigenvalue weighted by Gasteiger charge is -2.42. The molecule has 1 aliphatic heterocycles. The van der Waals surface area contributed by atoms with Crippen molar-refractivity contribution >= 4 is 6.09 Å². The van der Waals surface area contributed by atoms with Gasteiger partial charge in [0.25, 0.3) is 0 Å². The summed E-state index contributed by atoms with van der Waals surface area (Å²) in [7, 11) is 0. The highest BCUT2D eigenvalue weighted by Crippen LogP contribution is 2.23. The molecular formula is C12H21F3N2O2. The van der Waals surface area contributed by atoms with Gasteiger partial charge in [-0.15, -0.1) is 0 Å². The van der Waals surface area contributed by atoms with Gasteiger partial charge in [0, 0.05) is 34.4 Å². The number of ether oxygens (including phenoxy) is 1. The van der Waals surface area contributed by atoms with E-state index in [9.17, 15) is 18.0 Å². The zero-order valence-corrected chi connectivity index (χ0v) is 11.5. The molecule has 19 heavy (non-hydrogen) atoms. The van der Waals surface area contributed by atoms with Crippen LogP contribution in [-0.2, 0) is 4.74 Å². The summed E-state index contributed by atoms with van der Waals surface area (Å²) >= 11 is 0. The van der Waals surface area contributed by atoms with Gasteiger partial charge in [0.05, 0.1) is 0 Å². The van der Waals surface area contributed by atoms with Gasteiger partial charge in [-0.1, -0.05) is 0 Å². The van der Waals surface area contributed by atoms with Crippen LogP contribution in [-0.4, -0.2) is 59.8 Å². The van der Waals surface area contributed by atoms with E-state index in [4.69, 9.17) is 2.74 Å². The Bertz CT molecular complexity index is 397. The van der Waals surface area contributed by atoms with Crippen LogP contribution in [0.1, 0.15) is 30.4 Å². The van der Waals surface area contributed by atoms with Crippen LogP contribution in [0.5, 0.6) is 0 Å². The number of nitrogens with zero attached hydrogens (tertiary/aromatic N) is 2. The molecule has 1 fully saturated rings. The van der Waals surface area contributed by atoms with E-state index in [1.54, 1.807) is 4.90 Å². The Labute approximate surface area is 114 Å². The minimum absolute atomic E-state index is 0.125. The number of rotatable bonds is 1. The Morgan fingerprint density at radius 1 is 1.26 bits per heavy atom. The quantitative estimate of drug-likeness (QED) is 0.741. The minimum Gasteiger partial charge on any atom is -0.437 e. The van der Waals surface area contributed by atoms with Crippen molar-refractivity contribution in [3.63, 3.8) is 0 Å². The molecular weight excluding hydrogens is 261 g/mol. The average Bonchev–Trinajstić information content (AvgIpc) is 2.23. The molecule has 0 saturated carbocycles. The van der Waals surface area contributed by atoms with E-state index in [0.29, 0.717) is 0 Å². The van der Waals surface area contributed by atoms with Crippen LogP contribution in [0.4, 0.5) is 18.0 Å². The maximum atomic E-state index is 12.4. The summed E-state index contributed by atoms with van der Waals surface area (Å²) < 4.78 is 57.4. The summed E-state index contributed by atoms with van der Waals surface area (Å²) in [6.07, 6.45) is -7.98. The van der Waals surface area contributed by atoms with E-state index >= 15 is 0 Å². The number of carbonyl (C=O) groups excluding carboxylic acids is 1. The molecule has 0 aromatic rings. The zero-order chi connectivity index (χ0) is 16.6. The number of halogens is 3. The van der Waals surface area contributed by atoms with E-state index in [1.807, 2.05) is 20.8 Å². The topological polar surface area (TPSA) is 32.8 Å². The second kappa shape index (κ2) is 5.56. The van der Waals surface area contributed by atoms with Crippen molar-refractivity contribution < 1.29 is 25.4 Å². The second-order valence-corrected chi connectivity index (χ2v) is 5.47. The monoisotopic (exact) mass is 284 g/mol. The van der Waals surface area contributed by atoms with Gasteiger partial charge < -0.3 is 9.64 Å². The largest absolute Gasteiger partial charge is 0.437 e. The molecule has 1 saturated heterocycles. The molecule has 0 radical (unpaired) electrons. The first-order valence-corrected chi connectivity index (χ1v) is 6.05. The molecule has 112 valence electrons. The summed E-state index contributed by atoms with van der Waals surface area (Å²) in [5.41, 5.74) is -0.446.